The molecule has 1 aromatic carbocycles. The maximum absolute atomic E-state index is 13.4. The lowest BCUT2D eigenvalue weighted by Gasteiger charge is -2.42. The van der Waals surface area contributed by atoms with Crippen molar-refractivity contribution in [1.82, 2.24) is 9.80 Å². The highest BCUT2D eigenvalue weighted by atomic mass is 19.4. The van der Waals surface area contributed by atoms with Crippen LogP contribution in [0, 0.1) is 11.3 Å². The van der Waals surface area contributed by atoms with E-state index in [2.05, 4.69) is 12.6 Å². The lowest BCUT2D eigenvalue weighted by atomic mass is 9.87. The van der Waals surface area contributed by atoms with Crippen LogP contribution in [-0.4, -0.2) is 59.7 Å². The van der Waals surface area contributed by atoms with Crippen LogP contribution >= 0.6 is 0 Å². The summed E-state index contributed by atoms with van der Waals surface area (Å²) in [7, 11) is 1.38. The SMILES string of the molecule is C=CCCOc1cc(C(=O)N(C)C2(C#N)CCN(C(=O)OC(C)(C)C)CC2)cc(C(F)(F)F)c1. The summed E-state index contributed by atoms with van der Waals surface area (Å²) in [4.78, 5) is 28.1. The maximum atomic E-state index is 13.4. The number of ether oxygens (including phenoxy) is 2. The second kappa shape index (κ2) is 10.4. The van der Waals surface area contributed by atoms with Gasteiger partial charge in [-0.1, -0.05) is 6.08 Å². The summed E-state index contributed by atoms with van der Waals surface area (Å²) in [5.41, 5.74) is -3.22. The van der Waals surface area contributed by atoms with Gasteiger partial charge in [-0.2, -0.15) is 18.4 Å². The van der Waals surface area contributed by atoms with Crippen LogP contribution in [0.4, 0.5) is 18.0 Å². The smallest absolute Gasteiger partial charge is 0.416 e. The minimum atomic E-state index is -4.68. The summed E-state index contributed by atoms with van der Waals surface area (Å²) in [6.07, 6.45) is -2.96. The minimum absolute atomic E-state index is 0.0980. The molecule has 0 aromatic heterocycles. The third kappa shape index (κ3) is 6.65. The Morgan fingerprint density at radius 3 is 2.35 bits per heavy atom. The Kier molecular flexibility index (Phi) is 8.24. The number of piperidine rings is 1. The van der Waals surface area contributed by atoms with E-state index in [0.717, 1.165) is 17.0 Å². The normalized spacial score (nSPS) is 15.8. The topological polar surface area (TPSA) is 82.9 Å². The first-order valence-electron chi connectivity index (χ1n) is 10.9. The largest absolute Gasteiger partial charge is 0.493 e. The van der Waals surface area contributed by atoms with E-state index in [1.807, 2.05) is 0 Å². The van der Waals surface area contributed by atoms with E-state index < -0.39 is 34.9 Å². The number of likely N-dealkylation sites (tertiary alicyclic amines) is 1. The lowest BCUT2D eigenvalue weighted by molar-refractivity contribution is -0.137. The van der Waals surface area contributed by atoms with Gasteiger partial charge in [0.15, 0.2) is 0 Å². The minimum Gasteiger partial charge on any atom is -0.493 e. The van der Waals surface area contributed by atoms with Crippen LogP contribution in [0.25, 0.3) is 0 Å². The van der Waals surface area contributed by atoms with Gasteiger partial charge in [-0.25, -0.2) is 4.79 Å². The van der Waals surface area contributed by atoms with Crippen molar-refractivity contribution in [2.75, 3.05) is 26.7 Å². The average molecular weight is 482 g/mol. The van der Waals surface area contributed by atoms with Crippen LogP contribution in [0.2, 0.25) is 0 Å². The van der Waals surface area contributed by atoms with Gasteiger partial charge in [-0.05, 0) is 45.4 Å². The van der Waals surface area contributed by atoms with Crippen molar-refractivity contribution < 1.29 is 32.2 Å². The Morgan fingerprint density at radius 2 is 1.85 bits per heavy atom. The molecule has 2 rings (SSSR count). The molecule has 0 aliphatic carbocycles. The number of nitrogens with zero attached hydrogens (tertiary/aromatic N) is 3. The molecule has 0 spiro atoms. The molecule has 186 valence electrons. The van der Waals surface area contributed by atoms with Gasteiger partial charge in [0.05, 0.1) is 18.2 Å². The molecular weight excluding hydrogens is 451 g/mol. The van der Waals surface area contributed by atoms with Gasteiger partial charge < -0.3 is 19.3 Å². The van der Waals surface area contributed by atoms with Gasteiger partial charge in [-0.15, -0.1) is 6.58 Å². The van der Waals surface area contributed by atoms with E-state index in [1.54, 1.807) is 26.8 Å². The zero-order chi connectivity index (χ0) is 25.7. The number of carbonyl (C=O) groups excluding carboxylic acids is 2. The highest BCUT2D eigenvalue weighted by molar-refractivity contribution is 5.95. The van der Waals surface area contributed by atoms with Crippen LogP contribution in [0.5, 0.6) is 5.75 Å². The summed E-state index contributed by atoms with van der Waals surface area (Å²) in [5, 5.41) is 9.91. The quantitative estimate of drug-likeness (QED) is 0.421. The fraction of sp³-hybridized carbons (Fsp3) is 0.542. The Morgan fingerprint density at radius 1 is 1.24 bits per heavy atom. The van der Waals surface area contributed by atoms with Crippen LogP contribution in [-0.2, 0) is 10.9 Å². The summed E-state index contributed by atoms with van der Waals surface area (Å²) in [6.45, 7) is 9.20. The third-order valence-electron chi connectivity index (χ3n) is 5.47. The monoisotopic (exact) mass is 481 g/mol. The fourth-order valence-corrected chi connectivity index (χ4v) is 3.53. The number of benzene rings is 1. The molecule has 1 saturated heterocycles. The molecule has 2 amide bonds. The zero-order valence-electron chi connectivity index (χ0n) is 19.9. The van der Waals surface area contributed by atoms with Crippen molar-refractivity contribution in [3.63, 3.8) is 0 Å². The molecule has 1 aromatic rings. The van der Waals surface area contributed by atoms with E-state index in [0.29, 0.717) is 6.42 Å². The Hall–Kier alpha value is -3.22. The molecular formula is C24H30F3N3O4. The molecule has 0 bridgehead atoms. The second-order valence-corrected chi connectivity index (χ2v) is 9.14. The molecule has 1 aliphatic heterocycles. The number of alkyl halides is 3. The van der Waals surface area contributed by atoms with Crippen molar-refractivity contribution in [2.24, 2.45) is 0 Å². The number of halogens is 3. The molecule has 10 heteroatoms. The Balaban J connectivity index is 2.25. The standard InChI is InChI=1S/C24H30F3N3O4/c1-6-7-12-33-19-14-17(13-18(15-19)24(25,26)27)20(31)29(5)23(16-28)8-10-30(11-9-23)21(32)34-22(2,3)4/h6,13-15H,1,7-12H2,2-5H3. The van der Waals surface area contributed by atoms with Crippen LogP contribution in [0.1, 0.15) is 56.0 Å². The molecule has 1 fully saturated rings. The fourth-order valence-electron chi connectivity index (χ4n) is 3.53. The van der Waals surface area contributed by atoms with Crippen molar-refractivity contribution >= 4 is 12.0 Å². The predicted octanol–water partition coefficient (Wildman–Crippen LogP) is 5.03. The zero-order valence-corrected chi connectivity index (χ0v) is 19.9. The second-order valence-electron chi connectivity index (χ2n) is 9.14. The molecule has 0 saturated carbocycles. The van der Waals surface area contributed by atoms with Gasteiger partial charge in [0.25, 0.3) is 5.91 Å². The predicted molar refractivity (Wildman–Crippen MR) is 119 cm³/mol. The number of hydrogen-bond donors (Lipinski definition) is 0. The van der Waals surface area contributed by atoms with Crippen molar-refractivity contribution in [3.8, 4) is 11.8 Å². The first kappa shape index (κ1) is 27.0. The van der Waals surface area contributed by atoms with E-state index in [9.17, 15) is 28.0 Å². The molecule has 7 nitrogen and oxygen atoms in total. The van der Waals surface area contributed by atoms with Crippen LogP contribution < -0.4 is 4.74 Å². The number of rotatable bonds is 6. The Labute approximate surface area is 197 Å². The molecule has 1 aliphatic rings. The molecule has 34 heavy (non-hydrogen) atoms. The highest BCUT2D eigenvalue weighted by Gasteiger charge is 2.43. The molecule has 0 N–H and O–H groups in total. The van der Waals surface area contributed by atoms with Gasteiger partial charge in [-0.3, -0.25) is 4.79 Å². The molecule has 1 heterocycles. The van der Waals surface area contributed by atoms with Crippen LogP contribution in [0.3, 0.4) is 0 Å². The number of amides is 2. The van der Waals surface area contributed by atoms with Crippen molar-refractivity contribution in [1.29, 1.82) is 5.26 Å². The molecule has 0 atom stereocenters. The van der Waals surface area contributed by atoms with Gasteiger partial charge in [0, 0.05) is 38.5 Å². The number of carbonyl (C=O) groups is 2. The summed E-state index contributed by atoms with van der Waals surface area (Å²) in [6, 6.07) is 4.96. The van der Waals surface area contributed by atoms with Crippen molar-refractivity contribution in [3.05, 3.63) is 42.0 Å². The van der Waals surface area contributed by atoms with Gasteiger partial charge >= 0.3 is 12.3 Å². The average Bonchev–Trinajstić information content (AvgIpc) is 2.76. The van der Waals surface area contributed by atoms with E-state index >= 15 is 0 Å². The summed E-state index contributed by atoms with van der Waals surface area (Å²) in [5.74, 6) is -0.842. The maximum Gasteiger partial charge on any atom is 0.416 e. The highest BCUT2D eigenvalue weighted by Crippen LogP contribution is 2.35. The molecule has 0 radical (unpaired) electrons. The first-order valence-corrected chi connectivity index (χ1v) is 10.9. The Bertz CT molecular complexity index is 956. The molecule has 0 unspecified atom stereocenters. The van der Waals surface area contributed by atoms with Gasteiger partial charge in [0.2, 0.25) is 0 Å². The lowest BCUT2D eigenvalue weighted by Crippen LogP contribution is -2.56. The third-order valence-corrected chi connectivity index (χ3v) is 5.47. The number of hydrogen-bond acceptors (Lipinski definition) is 5. The van der Waals surface area contributed by atoms with Crippen LogP contribution in [0.15, 0.2) is 30.9 Å². The van der Waals surface area contributed by atoms with E-state index in [-0.39, 0.29) is 43.9 Å². The summed E-state index contributed by atoms with van der Waals surface area (Å²) >= 11 is 0. The van der Waals surface area contributed by atoms with Gasteiger partial charge in [0.1, 0.15) is 16.9 Å². The van der Waals surface area contributed by atoms with E-state index in [4.69, 9.17) is 9.47 Å². The first-order chi connectivity index (χ1) is 15.7. The van der Waals surface area contributed by atoms with E-state index in [1.165, 1.54) is 18.0 Å². The number of nitriles is 1. The van der Waals surface area contributed by atoms with Crippen molar-refractivity contribution in [2.45, 2.75) is 57.3 Å². The summed E-state index contributed by atoms with van der Waals surface area (Å²) < 4.78 is 51.0.